The molecule has 34 heavy (non-hydrogen) atoms. The van der Waals surface area contributed by atoms with Gasteiger partial charge >= 0.3 is 0 Å². The highest BCUT2D eigenvalue weighted by Gasteiger charge is 2.14. The molecule has 3 aromatic carbocycles. The van der Waals surface area contributed by atoms with Gasteiger partial charge in [0.2, 0.25) is 0 Å². The van der Waals surface area contributed by atoms with Crippen LogP contribution >= 0.6 is 0 Å². The molecule has 0 atom stereocenters. The van der Waals surface area contributed by atoms with E-state index in [2.05, 4.69) is 50.0 Å². The maximum absolute atomic E-state index is 12.9. The molecule has 3 aromatic rings. The largest absolute Gasteiger partial charge is 0.496 e. The zero-order valence-electron chi connectivity index (χ0n) is 21.2. The summed E-state index contributed by atoms with van der Waals surface area (Å²) in [5, 5.41) is 3.05. The summed E-state index contributed by atoms with van der Waals surface area (Å²) in [5.74, 6) is 0.761. The van der Waals surface area contributed by atoms with Gasteiger partial charge in [-0.2, -0.15) is 0 Å². The van der Waals surface area contributed by atoms with Gasteiger partial charge in [-0.1, -0.05) is 42.5 Å². The number of carbonyl (C=O) groups excluding carboxylic acids is 1. The Hall–Kier alpha value is -3.11. The number of nitrogens with one attached hydrogen (secondary N) is 1. The van der Waals surface area contributed by atoms with Gasteiger partial charge in [-0.05, 0) is 101 Å². The summed E-state index contributed by atoms with van der Waals surface area (Å²) in [6.45, 7) is 10.00. The van der Waals surface area contributed by atoms with Crippen molar-refractivity contribution in [3.63, 3.8) is 0 Å². The fraction of sp³-hybridized carbons (Fsp3) is 0.367. The van der Waals surface area contributed by atoms with Crippen LogP contribution in [0.15, 0.2) is 72.8 Å². The molecule has 1 amide bonds. The lowest BCUT2D eigenvalue weighted by molar-refractivity contribution is 0.102. The number of hydrogen-bond donors (Lipinski definition) is 1. The predicted octanol–water partition coefficient (Wildman–Crippen LogP) is 6.59. The number of carbonyl (C=O) groups is 1. The molecule has 0 aliphatic rings. The van der Waals surface area contributed by atoms with Crippen LogP contribution in [-0.2, 0) is 12.8 Å². The molecule has 3 rings (SSSR count). The quantitative estimate of drug-likeness (QED) is 0.352. The lowest BCUT2D eigenvalue weighted by atomic mass is 10.0. The second-order valence-electron chi connectivity index (χ2n) is 9.37. The van der Waals surface area contributed by atoms with Crippen molar-refractivity contribution >= 4 is 11.6 Å². The maximum Gasteiger partial charge on any atom is 0.255 e. The van der Waals surface area contributed by atoms with Gasteiger partial charge in [0.1, 0.15) is 5.75 Å². The first-order chi connectivity index (χ1) is 16.4. The molecule has 4 heteroatoms. The third-order valence-electron chi connectivity index (χ3n) is 6.19. The summed E-state index contributed by atoms with van der Waals surface area (Å²) in [7, 11) is 1.70. The first-order valence-corrected chi connectivity index (χ1v) is 12.2. The van der Waals surface area contributed by atoms with E-state index >= 15 is 0 Å². The molecular weight excluding hydrogens is 420 g/mol. The lowest BCUT2D eigenvalue weighted by Crippen LogP contribution is -2.37. The summed E-state index contributed by atoms with van der Waals surface area (Å²) in [5.41, 5.74) is 5.00. The molecule has 0 radical (unpaired) electrons. The zero-order valence-corrected chi connectivity index (χ0v) is 21.2. The number of ether oxygens (including phenoxy) is 1. The van der Waals surface area contributed by atoms with Crippen LogP contribution in [0.5, 0.6) is 5.75 Å². The Morgan fingerprint density at radius 2 is 1.53 bits per heavy atom. The number of rotatable bonds is 11. The van der Waals surface area contributed by atoms with Crippen LogP contribution in [0.4, 0.5) is 5.69 Å². The van der Waals surface area contributed by atoms with Gasteiger partial charge in [-0.15, -0.1) is 0 Å². The first kappa shape index (κ1) is 25.5. The fourth-order valence-electron chi connectivity index (χ4n) is 4.43. The number of hydrogen-bond acceptors (Lipinski definition) is 3. The normalized spacial score (nSPS) is 11.3. The van der Waals surface area contributed by atoms with Gasteiger partial charge in [0, 0.05) is 23.3 Å². The van der Waals surface area contributed by atoms with Crippen molar-refractivity contribution in [3.8, 4) is 5.75 Å². The van der Waals surface area contributed by atoms with Crippen molar-refractivity contribution in [2.45, 2.75) is 59.0 Å². The Labute approximate surface area is 205 Å². The maximum atomic E-state index is 12.9. The van der Waals surface area contributed by atoms with Crippen molar-refractivity contribution < 1.29 is 9.53 Å². The summed E-state index contributed by atoms with van der Waals surface area (Å²) in [6, 6.07) is 25.1. The summed E-state index contributed by atoms with van der Waals surface area (Å²) in [6.07, 6.45) is 2.79. The Bertz CT molecular complexity index is 1040. The second-order valence-corrected chi connectivity index (χ2v) is 9.37. The molecule has 0 aliphatic carbocycles. The van der Waals surface area contributed by atoms with Crippen LogP contribution in [0.25, 0.3) is 0 Å². The van der Waals surface area contributed by atoms with E-state index in [9.17, 15) is 4.79 Å². The van der Waals surface area contributed by atoms with Crippen molar-refractivity contribution in [3.05, 3.63) is 95.1 Å². The minimum absolute atomic E-state index is 0.104. The molecule has 180 valence electrons. The molecule has 0 fully saturated rings. The molecule has 0 saturated carbocycles. The number of nitrogens with zero attached hydrogens (tertiary/aromatic N) is 1. The minimum atomic E-state index is -0.104. The Balaban J connectivity index is 1.62. The Kier molecular flexibility index (Phi) is 9.29. The molecule has 0 unspecified atom stereocenters. The molecule has 0 spiro atoms. The molecule has 4 nitrogen and oxygen atoms in total. The average Bonchev–Trinajstić information content (AvgIpc) is 2.82. The summed E-state index contributed by atoms with van der Waals surface area (Å²) < 4.78 is 5.58. The highest BCUT2D eigenvalue weighted by Crippen LogP contribution is 2.25. The highest BCUT2D eigenvalue weighted by atomic mass is 16.5. The van der Waals surface area contributed by atoms with Gasteiger partial charge in [-0.25, -0.2) is 0 Å². The van der Waals surface area contributed by atoms with Crippen molar-refractivity contribution in [1.82, 2.24) is 4.90 Å². The second kappa shape index (κ2) is 12.4. The van der Waals surface area contributed by atoms with E-state index in [0.717, 1.165) is 42.8 Å². The molecule has 1 N–H and O–H groups in total. The van der Waals surface area contributed by atoms with E-state index in [4.69, 9.17) is 4.74 Å². The molecule has 0 bridgehead atoms. The van der Waals surface area contributed by atoms with Crippen LogP contribution in [0.3, 0.4) is 0 Å². The molecule has 0 heterocycles. The van der Waals surface area contributed by atoms with Crippen LogP contribution in [0, 0.1) is 0 Å². The minimum Gasteiger partial charge on any atom is -0.496 e. The zero-order chi connectivity index (χ0) is 24.5. The van der Waals surface area contributed by atoms with E-state index < -0.39 is 0 Å². The average molecular weight is 459 g/mol. The number of amides is 1. The van der Waals surface area contributed by atoms with E-state index in [1.165, 1.54) is 11.1 Å². The van der Waals surface area contributed by atoms with Gasteiger partial charge in [0.05, 0.1) is 7.11 Å². The summed E-state index contributed by atoms with van der Waals surface area (Å²) in [4.78, 5) is 15.4. The van der Waals surface area contributed by atoms with Crippen LogP contribution in [0.1, 0.15) is 61.2 Å². The van der Waals surface area contributed by atoms with Gasteiger partial charge < -0.3 is 10.1 Å². The third kappa shape index (κ3) is 7.19. The fourth-order valence-corrected chi connectivity index (χ4v) is 4.43. The van der Waals surface area contributed by atoms with Crippen LogP contribution < -0.4 is 10.1 Å². The Morgan fingerprint density at radius 1 is 0.882 bits per heavy atom. The van der Waals surface area contributed by atoms with Crippen molar-refractivity contribution in [2.24, 2.45) is 0 Å². The third-order valence-corrected chi connectivity index (χ3v) is 6.19. The molecule has 0 aromatic heterocycles. The topological polar surface area (TPSA) is 41.6 Å². The Morgan fingerprint density at radius 3 is 2.15 bits per heavy atom. The lowest BCUT2D eigenvalue weighted by Gasteiger charge is -2.30. The smallest absolute Gasteiger partial charge is 0.255 e. The van der Waals surface area contributed by atoms with Gasteiger partial charge in [-0.3, -0.25) is 9.69 Å². The van der Waals surface area contributed by atoms with E-state index in [1.54, 1.807) is 7.11 Å². The summed E-state index contributed by atoms with van der Waals surface area (Å²) >= 11 is 0. The standard InChI is InChI=1S/C30H38N2O2/c1-22(2)32(23(3)4)19-9-12-27-21-28(17-18-29(27)34-5)31-30(33)26-15-13-25(14-16-26)20-24-10-7-6-8-11-24/h6-8,10-11,13-18,21-23H,9,12,19-20H2,1-5H3,(H,31,33). The van der Waals surface area contributed by atoms with Gasteiger partial charge in [0.25, 0.3) is 5.91 Å². The number of anilines is 1. The molecule has 0 saturated heterocycles. The van der Waals surface area contributed by atoms with E-state index in [-0.39, 0.29) is 5.91 Å². The molecule has 0 aliphatic heterocycles. The highest BCUT2D eigenvalue weighted by molar-refractivity contribution is 6.04. The number of methoxy groups -OCH3 is 1. The van der Waals surface area contributed by atoms with Crippen LogP contribution in [0.2, 0.25) is 0 Å². The monoisotopic (exact) mass is 458 g/mol. The molecular formula is C30H38N2O2. The number of aryl methyl sites for hydroxylation is 1. The van der Waals surface area contributed by atoms with Crippen molar-refractivity contribution in [1.29, 1.82) is 0 Å². The van der Waals surface area contributed by atoms with Gasteiger partial charge in [0.15, 0.2) is 0 Å². The van der Waals surface area contributed by atoms with Crippen LogP contribution in [-0.4, -0.2) is 36.5 Å². The van der Waals surface area contributed by atoms with E-state index in [1.807, 2.05) is 60.7 Å². The first-order valence-electron chi connectivity index (χ1n) is 12.2. The predicted molar refractivity (Wildman–Crippen MR) is 142 cm³/mol. The van der Waals surface area contributed by atoms with Crippen molar-refractivity contribution in [2.75, 3.05) is 19.0 Å². The van der Waals surface area contributed by atoms with E-state index in [0.29, 0.717) is 17.6 Å². The SMILES string of the molecule is COc1ccc(NC(=O)c2ccc(Cc3ccccc3)cc2)cc1CCCN(C(C)C)C(C)C. The number of benzene rings is 3.